The van der Waals surface area contributed by atoms with E-state index in [1.54, 1.807) is 7.11 Å². The fraction of sp³-hybridized carbons (Fsp3) is 0.381. The molecule has 3 rings (SSSR count). The first-order valence-electron chi connectivity index (χ1n) is 8.95. The van der Waals surface area contributed by atoms with Crippen molar-refractivity contribution in [2.24, 2.45) is 0 Å². The topological polar surface area (TPSA) is 56.8 Å². The van der Waals surface area contributed by atoms with E-state index >= 15 is 0 Å². The fourth-order valence-corrected chi connectivity index (χ4v) is 2.95. The minimum absolute atomic E-state index is 0.0320. The van der Waals surface area contributed by atoms with Crippen molar-refractivity contribution in [2.45, 2.75) is 25.7 Å². The number of carbonyl (C=O) groups is 1. The van der Waals surface area contributed by atoms with Crippen molar-refractivity contribution >= 4 is 5.91 Å². The van der Waals surface area contributed by atoms with Gasteiger partial charge in [-0.25, -0.2) is 0 Å². The quantitative estimate of drug-likeness (QED) is 0.828. The molecule has 0 aromatic heterocycles. The summed E-state index contributed by atoms with van der Waals surface area (Å²) in [6.45, 7) is 3.99. The minimum atomic E-state index is 0.0320. The molecule has 26 heavy (non-hydrogen) atoms. The third kappa shape index (κ3) is 4.69. The van der Waals surface area contributed by atoms with Gasteiger partial charge in [0, 0.05) is 6.54 Å². The standard InChI is InChI=1S/C21H25NO4/c1-15(17-5-8-19-20(14-17)26-12-11-25-19)9-10-22-21(23)13-16-3-6-18(24-2)7-4-16/h3-8,14-15H,9-13H2,1-2H3,(H,22,23). The number of methoxy groups -OCH3 is 1. The molecule has 1 heterocycles. The summed E-state index contributed by atoms with van der Waals surface area (Å²) in [5.41, 5.74) is 2.17. The second kappa shape index (κ2) is 8.61. The van der Waals surface area contributed by atoms with Gasteiger partial charge in [-0.1, -0.05) is 25.1 Å². The maximum Gasteiger partial charge on any atom is 0.224 e. The molecule has 1 N–H and O–H groups in total. The number of amides is 1. The number of benzene rings is 2. The van der Waals surface area contributed by atoms with Gasteiger partial charge in [0.15, 0.2) is 11.5 Å². The Kier molecular flexibility index (Phi) is 6.00. The molecule has 138 valence electrons. The van der Waals surface area contributed by atoms with Gasteiger partial charge < -0.3 is 19.5 Å². The predicted octanol–water partition coefficient (Wildman–Crippen LogP) is 3.32. The summed E-state index contributed by atoms with van der Waals surface area (Å²) in [6, 6.07) is 13.6. The number of hydrogen-bond donors (Lipinski definition) is 1. The van der Waals surface area contributed by atoms with E-state index in [1.807, 2.05) is 36.4 Å². The lowest BCUT2D eigenvalue weighted by Gasteiger charge is -2.20. The molecule has 5 nitrogen and oxygen atoms in total. The molecule has 5 heteroatoms. The Labute approximate surface area is 154 Å². The average Bonchev–Trinajstić information content (AvgIpc) is 2.68. The zero-order valence-electron chi connectivity index (χ0n) is 15.3. The number of ether oxygens (including phenoxy) is 3. The fourth-order valence-electron chi connectivity index (χ4n) is 2.95. The molecule has 0 saturated carbocycles. The third-order valence-corrected chi connectivity index (χ3v) is 4.56. The molecular formula is C21H25NO4. The summed E-state index contributed by atoms with van der Waals surface area (Å²) in [5, 5.41) is 3.00. The highest BCUT2D eigenvalue weighted by molar-refractivity contribution is 5.78. The van der Waals surface area contributed by atoms with Gasteiger partial charge in [-0.2, -0.15) is 0 Å². The minimum Gasteiger partial charge on any atom is -0.497 e. The van der Waals surface area contributed by atoms with Crippen molar-refractivity contribution in [3.63, 3.8) is 0 Å². The number of nitrogens with one attached hydrogen (secondary N) is 1. The summed E-state index contributed by atoms with van der Waals surface area (Å²) in [4.78, 5) is 12.1. The van der Waals surface area contributed by atoms with Gasteiger partial charge in [-0.3, -0.25) is 4.79 Å². The SMILES string of the molecule is COc1ccc(CC(=O)NCCC(C)c2ccc3c(c2)OCCO3)cc1. The van der Waals surface area contributed by atoms with Crippen LogP contribution in [0.25, 0.3) is 0 Å². The van der Waals surface area contributed by atoms with Crippen molar-refractivity contribution in [1.82, 2.24) is 5.32 Å². The molecule has 0 fully saturated rings. The second-order valence-corrected chi connectivity index (χ2v) is 6.47. The van der Waals surface area contributed by atoms with E-state index in [0.29, 0.717) is 32.1 Å². The van der Waals surface area contributed by atoms with Gasteiger partial charge in [0.05, 0.1) is 13.5 Å². The lowest BCUT2D eigenvalue weighted by molar-refractivity contribution is -0.120. The molecule has 0 spiro atoms. The Morgan fingerprint density at radius 1 is 1.12 bits per heavy atom. The zero-order chi connectivity index (χ0) is 18.4. The van der Waals surface area contributed by atoms with Gasteiger partial charge in [0.25, 0.3) is 0 Å². The molecule has 1 atom stereocenters. The lowest BCUT2D eigenvalue weighted by Crippen LogP contribution is -2.26. The van der Waals surface area contributed by atoms with E-state index in [4.69, 9.17) is 14.2 Å². The van der Waals surface area contributed by atoms with E-state index < -0.39 is 0 Å². The Hall–Kier alpha value is -2.69. The average molecular weight is 355 g/mol. The second-order valence-electron chi connectivity index (χ2n) is 6.47. The van der Waals surface area contributed by atoms with E-state index in [9.17, 15) is 4.79 Å². The van der Waals surface area contributed by atoms with Crippen LogP contribution in [0.3, 0.4) is 0 Å². The van der Waals surface area contributed by atoms with Crippen LogP contribution in [0.15, 0.2) is 42.5 Å². The smallest absolute Gasteiger partial charge is 0.224 e. The monoisotopic (exact) mass is 355 g/mol. The zero-order valence-corrected chi connectivity index (χ0v) is 15.3. The van der Waals surface area contributed by atoms with E-state index in [-0.39, 0.29) is 5.91 Å². The molecule has 2 aromatic carbocycles. The molecule has 2 aromatic rings. The Balaban J connectivity index is 1.45. The molecule has 1 amide bonds. The Bertz CT molecular complexity index is 742. The molecular weight excluding hydrogens is 330 g/mol. The van der Waals surface area contributed by atoms with Crippen molar-refractivity contribution in [3.05, 3.63) is 53.6 Å². The first kappa shape index (κ1) is 18.1. The molecule has 0 saturated heterocycles. The van der Waals surface area contributed by atoms with E-state index in [2.05, 4.69) is 18.3 Å². The van der Waals surface area contributed by atoms with Crippen molar-refractivity contribution in [3.8, 4) is 17.2 Å². The summed E-state index contributed by atoms with van der Waals surface area (Å²) in [7, 11) is 1.63. The number of fused-ring (bicyclic) bond motifs is 1. The highest BCUT2D eigenvalue weighted by Crippen LogP contribution is 2.33. The van der Waals surface area contributed by atoms with E-state index in [0.717, 1.165) is 29.2 Å². The maximum absolute atomic E-state index is 12.1. The lowest BCUT2D eigenvalue weighted by atomic mass is 9.97. The van der Waals surface area contributed by atoms with Gasteiger partial charge in [-0.05, 0) is 47.7 Å². The van der Waals surface area contributed by atoms with Crippen LogP contribution >= 0.6 is 0 Å². The largest absolute Gasteiger partial charge is 0.497 e. The molecule has 0 radical (unpaired) electrons. The summed E-state index contributed by atoms with van der Waals surface area (Å²) in [6.07, 6.45) is 1.25. The van der Waals surface area contributed by atoms with Crippen molar-refractivity contribution < 1.29 is 19.0 Å². The Morgan fingerprint density at radius 2 is 1.85 bits per heavy atom. The maximum atomic E-state index is 12.1. The first-order valence-corrected chi connectivity index (χ1v) is 8.95. The Morgan fingerprint density at radius 3 is 2.58 bits per heavy atom. The predicted molar refractivity (Wildman–Crippen MR) is 100 cm³/mol. The van der Waals surface area contributed by atoms with Crippen molar-refractivity contribution in [2.75, 3.05) is 26.9 Å². The number of rotatable bonds is 7. The normalized spacial score (nSPS) is 13.8. The van der Waals surface area contributed by atoms with Crippen LogP contribution in [0.2, 0.25) is 0 Å². The third-order valence-electron chi connectivity index (χ3n) is 4.56. The van der Waals surface area contributed by atoms with Crippen LogP contribution in [-0.2, 0) is 11.2 Å². The van der Waals surface area contributed by atoms with Gasteiger partial charge in [0.1, 0.15) is 19.0 Å². The van der Waals surface area contributed by atoms with E-state index in [1.165, 1.54) is 5.56 Å². The highest BCUT2D eigenvalue weighted by Gasteiger charge is 2.14. The van der Waals surface area contributed by atoms with Gasteiger partial charge >= 0.3 is 0 Å². The van der Waals surface area contributed by atoms with Crippen LogP contribution < -0.4 is 19.5 Å². The summed E-state index contributed by atoms with van der Waals surface area (Å²) < 4.78 is 16.3. The molecule has 0 aliphatic carbocycles. The molecule has 1 unspecified atom stereocenters. The molecule has 1 aliphatic rings. The molecule has 0 bridgehead atoms. The van der Waals surface area contributed by atoms with Crippen LogP contribution in [0.5, 0.6) is 17.2 Å². The highest BCUT2D eigenvalue weighted by atomic mass is 16.6. The van der Waals surface area contributed by atoms with Gasteiger partial charge in [0.2, 0.25) is 5.91 Å². The number of hydrogen-bond acceptors (Lipinski definition) is 4. The van der Waals surface area contributed by atoms with Gasteiger partial charge in [-0.15, -0.1) is 0 Å². The van der Waals surface area contributed by atoms with Crippen LogP contribution in [0.4, 0.5) is 0 Å². The summed E-state index contributed by atoms with van der Waals surface area (Å²) in [5.74, 6) is 2.77. The molecule has 1 aliphatic heterocycles. The van der Waals surface area contributed by atoms with Crippen molar-refractivity contribution in [1.29, 1.82) is 0 Å². The summed E-state index contributed by atoms with van der Waals surface area (Å²) >= 11 is 0. The van der Waals surface area contributed by atoms with Crippen LogP contribution in [0.1, 0.15) is 30.4 Å². The van der Waals surface area contributed by atoms with Crippen LogP contribution in [-0.4, -0.2) is 32.8 Å². The van der Waals surface area contributed by atoms with Crippen LogP contribution in [0, 0.1) is 0 Å². The number of carbonyl (C=O) groups excluding carboxylic acids is 1. The first-order chi connectivity index (χ1) is 12.7.